The molecule has 0 saturated heterocycles. The minimum absolute atomic E-state index is 0.0980. The Morgan fingerprint density at radius 3 is 2.22 bits per heavy atom. The third-order valence-corrected chi connectivity index (χ3v) is 4.08. The van der Waals surface area contributed by atoms with Gasteiger partial charge in [0.2, 0.25) is 0 Å². The zero-order chi connectivity index (χ0) is 19.6. The van der Waals surface area contributed by atoms with Gasteiger partial charge in [-0.1, -0.05) is 31.0 Å². The van der Waals surface area contributed by atoms with Gasteiger partial charge in [-0.05, 0) is 62.6 Å². The molecule has 2 aromatic rings. The largest absolute Gasteiger partial charge is 0.494 e. The molecule has 0 aliphatic rings. The number of nitrogens with one attached hydrogen (secondary N) is 1. The molecule has 144 valence electrons. The van der Waals surface area contributed by atoms with Crippen molar-refractivity contribution < 1.29 is 14.3 Å². The summed E-state index contributed by atoms with van der Waals surface area (Å²) in [6.45, 7) is 8.85. The average Bonchev–Trinajstić information content (AvgIpc) is 2.63. The first-order valence-corrected chi connectivity index (χ1v) is 9.25. The van der Waals surface area contributed by atoms with Gasteiger partial charge in [-0.15, -0.1) is 0 Å². The van der Waals surface area contributed by atoms with Crippen molar-refractivity contribution in [2.45, 2.75) is 40.5 Å². The Kier molecular flexibility index (Phi) is 7.86. The molecule has 0 fully saturated rings. The minimum atomic E-state index is -0.308. The lowest BCUT2D eigenvalue weighted by atomic mass is 10.0. The number of carbonyl (C=O) groups is 1. The molecule has 5 nitrogen and oxygen atoms in total. The van der Waals surface area contributed by atoms with Gasteiger partial charge in [0.25, 0.3) is 5.91 Å². The van der Waals surface area contributed by atoms with Crippen LogP contribution in [0.15, 0.2) is 41.5 Å². The molecule has 0 aliphatic carbocycles. The number of unbranched alkanes of at least 4 members (excludes halogenated alkanes) is 1. The maximum atomic E-state index is 11.9. The van der Waals surface area contributed by atoms with Gasteiger partial charge in [0.15, 0.2) is 6.61 Å². The molecule has 0 spiro atoms. The molecule has 0 aromatic heterocycles. The van der Waals surface area contributed by atoms with E-state index in [1.54, 1.807) is 18.3 Å². The van der Waals surface area contributed by atoms with E-state index >= 15 is 0 Å². The zero-order valence-electron chi connectivity index (χ0n) is 16.5. The molecule has 27 heavy (non-hydrogen) atoms. The van der Waals surface area contributed by atoms with Crippen molar-refractivity contribution in [3.63, 3.8) is 0 Å². The van der Waals surface area contributed by atoms with E-state index < -0.39 is 0 Å². The van der Waals surface area contributed by atoms with Crippen molar-refractivity contribution in [2.75, 3.05) is 13.2 Å². The number of hydrogen-bond acceptors (Lipinski definition) is 4. The van der Waals surface area contributed by atoms with Gasteiger partial charge in [-0.25, -0.2) is 5.43 Å². The SMILES string of the molecule is CCCCOc1ccc(OCC(=O)N/N=C/c2c(C)cc(C)cc2C)cc1. The number of aryl methyl sites for hydroxylation is 3. The number of nitrogens with zero attached hydrogens (tertiary/aromatic N) is 1. The highest BCUT2D eigenvalue weighted by atomic mass is 16.5. The summed E-state index contributed by atoms with van der Waals surface area (Å²) in [7, 11) is 0. The molecule has 2 rings (SSSR count). The predicted octanol–water partition coefficient (Wildman–Crippen LogP) is 4.32. The minimum Gasteiger partial charge on any atom is -0.494 e. The average molecular weight is 368 g/mol. The van der Waals surface area contributed by atoms with Crippen molar-refractivity contribution in [3.8, 4) is 11.5 Å². The number of hydrogen-bond donors (Lipinski definition) is 1. The fourth-order valence-corrected chi connectivity index (χ4v) is 2.71. The molecule has 1 N–H and O–H groups in total. The van der Waals surface area contributed by atoms with Gasteiger partial charge < -0.3 is 9.47 Å². The van der Waals surface area contributed by atoms with Crippen LogP contribution in [0.4, 0.5) is 0 Å². The van der Waals surface area contributed by atoms with E-state index in [0.717, 1.165) is 35.3 Å². The van der Waals surface area contributed by atoms with E-state index in [-0.39, 0.29) is 12.5 Å². The van der Waals surface area contributed by atoms with Crippen LogP contribution in [-0.4, -0.2) is 25.3 Å². The summed E-state index contributed by atoms with van der Waals surface area (Å²) in [6, 6.07) is 11.4. The standard InChI is InChI=1S/C22H28N2O3/c1-5-6-11-26-19-7-9-20(10-8-19)27-15-22(25)24-23-14-21-17(3)12-16(2)13-18(21)4/h7-10,12-14H,5-6,11,15H2,1-4H3,(H,24,25)/b23-14+. The molecule has 2 aromatic carbocycles. The third-order valence-electron chi connectivity index (χ3n) is 4.08. The Labute approximate surface area is 161 Å². The van der Waals surface area contributed by atoms with Crippen molar-refractivity contribution in [3.05, 3.63) is 58.7 Å². The quantitative estimate of drug-likeness (QED) is 0.407. The first-order chi connectivity index (χ1) is 13.0. The van der Waals surface area contributed by atoms with Crippen LogP contribution in [0, 0.1) is 20.8 Å². The molecule has 0 saturated carbocycles. The molecular formula is C22H28N2O3. The van der Waals surface area contributed by atoms with E-state index in [1.165, 1.54) is 5.56 Å². The van der Waals surface area contributed by atoms with Crippen molar-refractivity contribution >= 4 is 12.1 Å². The van der Waals surface area contributed by atoms with Crippen LogP contribution in [0.3, 0.4) is 0 Å². The second-order valence-electron chi connectivity index (χ2n) is 6.57. The molecule has 0 unspecified atom stereocenters. The van der Waals surface area contributed by atoms with Crippen LogP contribution >= 0.6 is 0 Å². The molecule has 0 aliphatic heterocycles. The lowest BCUT2D eigenvalue weighted by Gasteiger charge is -2.08. The summed E-state index contributed by atoms with van der Waals surface area (Å²) in [5, 5.41) is 4.04. The van der Waals surface area contributed by atoms with Crippen LogP contribution < -0.4 is 14.9 Å². The lowest BCUT2D eigenvalue weighted by molar-refractivity contribution is -0.123. The van der Waals surface area contributed by atoms with Gasteiger partial charge in [0, 0.05) is 5.56 Å². The van der Waals surface area contributed by atoms with E-state index in [4.69, 9.17) is 9.47 Å². The highest BCUT2D eigenvalue weighted by Crippen LogP contribution is 2.18. The van der Waals surface area contributed by atoms with Crippen LogP contribution in [0.2, 0.25) is 0 Å². The number of amides is 1. The summed E-state index contributed by atoms with van der Waals surface area (Å²) in [5.41, 5.74) is 6.98. The highest BCUT2D eigenvalue weighted by molar-refractivity contribution is 5.85. The number of carbonyl (C=O) groups excluding carboxylic acids is 1. The van der Waals surface area contributed by atoms with Crippen molar-refractivity contribution in [1.82, 2.24) is 5.43 Å². The maximum Gasteiger partial charge on any atom is 0.277 e. The maximum absolute atomic E-state index is 11.9. The van der Waals surface area contributed by atoms with E-state index in [2.05, 4.69) is 36.5 Å². The molecule has 0 atom stereocenters. The molecule has 0 radical (unpaired) electrons. The smallest absolute Gasteiger partial charge is 0.277 e. The Hall–Kier alpha value is -2.82. The second kappa shape index (κ2) is 10.4. The Balaban J connectivity index is 1.79. The molecular weight excluding hydrogens is 340 g/mol. The normalized spacial score (nSPS) is 10.8. The first kappa shape index (κ1) is 20.5. The van der Waals surface area contributed by atoms with Crippen molar-refractivity contribution in [1.29, 1.82) is 0 Å². The fraction of sp³-hybridized carbons (Fsp3) is 0.364. The highest BCUT2D eigenvalue weighted by Gasteiger charge is 2.04. The summed E-state index contributed by atoms with van der Waals surface area (Å²) in [4.78, 5) is 11.9. The lowest BCUT2D eigenvalue weighted by Crippen LogP contribution is -2.24. The monoisotopic (exact) mass is 368 g/mol. The number of hydrazone groups is 1. The number of ether oxygens (including phenoxy) is 2. The topological polar surface area (TPSA) is 59.9 Å². The van der Waals surface area contributed by atoms with Crippen molar-refractivity contribution in [2.24, 2.45) is 5.10 Å². The summed E-state index contributed by atoms with van der Waals surface area (Å²) in [5.74, 6) is 1.10. The zero-order valence-corrected chi connectivity index (χ0v) is 16.5. The van der Waals surface area contributed by atoms with Gasteiger partial charge >= 0.3 is 0 Å². The van der Waals surface area contributed by atoms with E-state index in [9.17, 15) is 4.79 Å². The Morgan fingerprint density at radius 1 is 1.04 bits per heavy atom. The van der Waals surface area contributed by atoms with Gasteiger partial charge in [-0.3, -0.25) is 4.79 Å². The summed E-state index contributed by atoms with van der Waals surface area (Å²) in [6.07, 6.45) is 3.80. The number of rotatable bonds is 9. The van der Waals surface area contributed by atoms with Crippen LogP contribution in [-0.2, 0) is 4.79 Å². The van der Waals surface area contributed by atoms with Crippen LogP contribution in [0.5, 0.6) is 11.5 Å². The molecule has 0 bridgehead atoms. The number of benzene rings is 2. The van der Waals surface area contributed by atoms with Crippen LogP contribution in [0.25, 0.3) is 0 Å². The van der Waals surface area contributed by atoms with E-state index in [0.29, 0.717) is 12.4 Å². The first-order valence-electron chi connectivity index (χ1n) is 9.25. The van der Waals surface area contributed by atoms with Gasteiger partial charge in [0.1, 0.15) is 11.5 Å². The Bertz CT molecular complexity index is 760. The van der Waals surface area contributed by atoms with Gasteiger partial charge in [-0.2, -0.15) is 5.10 Å². The summed E-state index contributed by atoms with van der Waals surface area (Å²) < 4.78 is 11.1. The molecule has 5 heteroatoms. The molecule has 0 heterocycles. The molecule has 1 amide bonds. The van der Waals surface area contributed by atoms with Gasteiger partial charge in [0.05, 0.1) is 12.8 Å². The Morgan fingerprint density at radius 2 is 1.63 bits per heavy atom. The third kappa shape index (κ3) is 6.77. The summed E-state index contributed by atoms with van der Waals surface area (Å²) >= 11 is 0. The fourth-order valence-electron chi connectivity index (χ4n) is 2.71. The van der Waals surface area contributed by atoms with E-state index in [1.807, 2.05) is 26.0 Å². The van der Waals surface area contributed by atoms with Crippen LogP contribution in [0.1, 0.15) is 42.0 Å². The second-order valence-corrected chi connectivity index (χ2v) is 6.57. The predicted molar refractivity (Wildman–Crippen MR) is 109 cm³/mol.